The largest absolute Gasteiger partial charge is 0.255 e. The van der Waals surface area contributed by atoms with E-state index in [1.165, 1.54) is 22.9 Å². The summed E-state index contributed by atoms with van der Waals surface area (Å²) >= 11 is 2.66. The molecular formula is C13H7N5S2. The fraction of sp³-hybridized carbons (Fsp3) is 0. The zero-order chi connectivity index (χ0) is 13.8. The maximum Gasteiger partial charge on any atom is 0.134 e. The Hall–Kier alpha value is -2.43. The quantitative estimate of drug-likeness (QED) is 0.694. The lowest BCUT2D eigenvalue weighted by Gasteiger charge is -1.93. The minimum Gasteiger partial charge on any atom is -0.255 e. The van der Waals surface area contributed by atoms with E-state index in [1.807, 2.05) is 23.6 Å². The highest BCUT2D eigenvalue weighted by Gasteiger charge is 2.10. The third kappa shape index (κ3) is 2.61. The van der Waals surface area contributed by atoms with Crippen molar-refractivity contribution in [2.24, 2.45) is 0 Å². The van der Waals surface area contributed by atoms with Crippen LogP contribution in [0.1, 0.15) is 10.7 Å². The molecule has 0 radical (unpaired) electrons. The van der Waals surface area contributed by atoms with Gasteiger partial charge in [0, 0.05) is 17.0 Å². The molecule has 0 saturated heterocycles. The van der Waals surface area contributed by atoms with Crippen LogP contribution in [-0.4, -0.2) is 19.6 Å². The lowest BCUT2D eigenvalue weighted by molar-refractivity contribution is 1.14. The SMILES string of the molecule is N#CC(=Cc1csnn1)c1nc(-c2ccccn2)cs1. The highest BCUT2D eigenvalue weighted by Crippen LogP contribution is 2.25. The van der Waals surface area contributed by atoms with Gasteiger partial charge in [-0.25, -0.2) is 4.98 Å². The third-order valence-corrected chi connectivity index (χ3v) is 3.85. The second-order valence-corrected chi connectivity index (χ2v) is 5.22. The maximum atomic E-state index is 9.25. The number of nitrogens with zero attached hydrogens (tertiary/aromatic N) is 5. The highest BCUT2D eigenvalue weighted by atomic mass is 32.1. The molecule has 3 aromatic heterocycles. The lowest BCUT2D eigenvalue weighted by atomic mass is 10.2. The Bertz CT molecular complexity index is 769. The van der Waals surface area contributed by atoms with Crippen molar-refractivity contribution in [1.29, 1.82) is 5.26 Å². The van der Waals surface area contributed by atoms with Crippen molar-refractivity contribution in [3.05, 3.63) is 45.9 Å². The molecule has 0 fully saturated rings. The second-order valence-electron chi connectivity index (χ2n) is 3.75. The van der Waals surface area contributed by atoms with E-state index < -0.39 is 0 Å². The third-order valence-electron chi connectivity index (χ3n) is 2.45. The highest BCUT2D eigenvalue weighted by molar-refractivity contribution is 7.11. The van der Waals surface area contributed by atoms with Crippen LogP contribution in [-0.2, 0) is 0 Å². The van der Waals surface area contributed by atoms with Gasteiger partial charge < -0.3 is 0 Å². The number of nitriles is 1. The van der Waals surface area contributed by atoms with Crippen molar-refractivity contribution in [1.82, 2.24) is 19.6 Å². The van der Waals surface area contributed by atoms with Crippen LogP contribution in [0.3, 0.4) is 0 Å². The van der Waals surface area contributed by atoms with E-state index in [-0.39, 0.29) is 0 Å². The van der Waals surface area contributed by atoms with E-state index in [2.05, 4.69) is 25.6 Å². The molecule has 0 aliphatic heterocycles. The van der Waals surface area contributed by atoms with Crippen molar-refractivity contribution in [3.63, 3.8) is 0 Å². The van der Waals surface area contributed by atoms with Crippen LogP contribution in [0, 0.1) is 11.3 Å². The van der Waals surface area contributed by atoms with Crippen molar-refractivity contribution in [2.75, 3.05) is 0 Å². The predicted molar refractivity (Wildman–Crippen MR) is 78.7 cm³/mol. The average molecular weight is 297 g/mol. The zero-order valence-corrected chi connectivity index (χ0v) is 11.7. The van der Waals surface area contributed by atoms with Crippen LogP contribution >= 0.6 is 22.9 Å². The summed E-state index contributed by atoms with van der Waals surface area (Å²) in [6.07, 6.45) is 3.40. The Morgan fingerprint density at radius 1 is 1.25 bits per heavy atom. The molecule has 0 spiro atoms. The molecule has 0 aliphatic rings. The summed E-state index contributed by atoms with van der Waals surface area (Å²) in [6, 6.07) is 7.79. The van der Waals surface area contributed by atoms with Gasteiger partial charge in [-0.1, -0.05) is 10.6 Å². The van der Waals surface area contributed by atoms with Crippen LogP contribution in [0.5, 0.6) is 0 Å². The number of hydrogen-bond donors (Lipinski definition) is 0. The molecule has 3 aromatic rings. The van der Waals surface area contributed by atoms with Gasteiger partial charge in [0.2, 0.25) is 0 Å². The van der Waals surface area contributed by atoms with Gasteiger partial charge in [-0.2, -0.15) is 5.26 Å². The number of rotatable bonds is 3. The normalized spacial score (nSPS) is 11.2. The monoisotopic (exact) mass is 297 g/mol. The zero-order valence-electron chi connectivity index (χ0n) is 10.1. The number of aromatic nitrogens is 4. The van der Waals surface area contributed by atoms with Crippen LogP contribution < -0.4 is 0 Å². The van der Waals surface area contributed by atoms with Crippen LogP contribution in [0.2, 0.25) is 0 Å². The van der Waals surface area contributed by atoms with Gasteiger partial charge in [-0.15, -0.1) is 16.4 Å². The van der Waals surface area contributed by atoms with Gasteiger partial charge in [0.1, 0.15) is 16.8 Å². The molecule has 0 bridgehead atoms. The Morgan fingerprint density at radius 2 is 2.20 bits per heavy atom. The van der Waals surface area contributed by atoms with Gasteiger partial charge in [-0.3, -0.25) is 4.98 Å². The summed E-state index contributed by atoms with van der Waals surface area (Å²) in [6.45, 7) is 0. The summed E-state index contributed by atoms with van der Waals surface area (Å²) in [4.78, 5) is 8.70. The van der Waals surface area contributed by atoms with E-state index in [4.69, 9.17) is 0 Å². The molecule has 20 heavy (non-hydrogen) atoms. The first-order valence-electron chi connectivity index (χ1n) is 5.63. The molecule has 0 aromatic carbocycles. The Kier molecular flexibility index (Phi) is 3.58. The molecule has 3 rings (SSSR count). The van der Waals surface area contributed by atoms with Crippen molar-refractivity contribution >= 4 is 34.5 Å². The smallest absolute Gasteiger partial charge is 0.134 e. The fourth-order valence-electron chi connectivity index (χ4n) is 1.55. The molecule has 0 N–H and O–H groups in total. The topological polar surface area (TPSA) is 75.3 Å². The summed E-state index contributed by atoms with van der Waals surface area (Å²) in [5.41, 5.74) is 2.71. The minimum absolute atomic E-state index is 0.477. The van der Waals surface area contributed by atoms with Crippen molar-refractivity contribution in [2.45, 2.75) is 0 Å². The number of allylic oxidation sites excluding steroid dienone is 1. The molecule has 3 heterocycles. The number of pyridine rings is 1. The molecule has 0 saturated carbocycles. The molecule has 7 heteroatoms. The lowest BCUT2D eigenvalue weighted by Crippen LogP contribution is -1.84. The summed E-state index contributed by atoms with van der Waals surface area (Å²) in [5, 5.41) is 17.5. The fourth-order valence-corrected chi connectivity index (χ4v) is 2.74. The van der Waals surface area contributed by atoms with Gasteiger partial charge in [0.05, 0.1) is 17.0 Å². The molecule has 0 unspecified atom stereocenters. The maximum absolute atomic E-state index is 9.25. The second kappa shape index (κ2) is 5.69. The Labute approximate surface area is 123 Å². The molecule has 5 nitrogen and oxygen atoms in total. The van der Waals surface area contributed by atoms with Crippen molar-refractivity contribution in [3.8, 4) is 17.5 Å². The number of hydrogen-bond acceptors (Lipinski definition) is 7. The first kappa shape index (κ1) is 12.6. The number of thiazole rings is 1. The average Bonchev–Trinajstić information content (AvgIpc) is 3.17. The van der Waals surface area contributed by atoms with E-state index >= 15 is 0 Å². The summed E-state index contributed by atoms with van der Waals surface area (Å²) in [7, 11) is 0. The van der Waals surface area contributed by atoms with E-state index in [0.29, 0.717) is 16.3 Å². The van der Waals surface area contributed by atoms with Crippen LogP contribution in [0.25, 0.3) is 23.0 Å². The first-order chi connectivity index (χ1) is 9.86. The van der Waals surface area contributed by atoms with Gasteiger partial charge in [-0.05, 0) is 29.7 Å². The van der Waals surface area contributed by atoms with E-state index in [1.54, 1.807) is 17.7 Å². The predicted octanol–water partition coefficient (Wildman–Crippen LogP) is 3.12. The molecule has 0 aliphatic carbocycles. The molecule has 96 valence electrons. The van der Waals surface area contributed by atoms with Gasteiger partial charge in [0.25, 0.3) is 0 Å². The van der Waals surface area contributed by atoms with Crippen LogP contribution in [0.15, 0.2) is 35.2 Å². The molecular weight excluding hydrogens is 290 g/mol. The Balaban J connectivity index is 1.95. The molecule has 0 amide bonds. The molecule has 0 atom stereocenters. The van der Waals surface area contributed by atoms with E-state index in [0.717, 1.165) is 11.4 Å². The van der Waals surface area contributed by atoms with Crippen LogP contribution in [0.4, 0.5) is 0 Å². The van der Waals surface area contributed by atoms with Gasteiger partial charge >= 0.3 is 0 Å². The minimum atomic E-state index is 0.477. The van der Waals surface area contributed by atoms with E-state index in [9.17, 15) is 5.26 Å². The van der Waals surface area contributed by atoms with Crippen molar-refractivity contribution < 1.29 is 0 Å². The summed E-state index contributed by atoms with van der Waals surface area (Å²) < 4.78 is 3.77. The first-order valence-corrected chi connectivity index (χ1v) is 7.34. The van der Waals surface area contributed by atoms with Gasteiger partial charge in [0.15, 0.2) is 0 Å². The Morgan fingerprint density at radius 3 is 2.90 bits per heavy atom. The summed E-state index contributed by atoms with van der Waals surface area (Å²) in [5.74, 6) is 0. The standard InChI is InChI=1S/C13H7N5S2/c14-6-9(5-10-7-20-18-17-10)13-16-12(8-19-13)11-3-1-2-4-15-11/h1-5,7-8H.